The summed E-state index contributed by atoms with van der Waals surface area (Å²) in [6.45, 7) is 1.54. The van der Waals surface area contributed by atoms with Crippen LogP contribution >= 0.6 is 0 Å². The third-order valence-electron chi connectivity index (χ3n) is 4.32. The highest BCUT2D eigenvalue weighted by molar-refractivity contribution is 6.15. The predicted molar refractivity (Wildman–Crippen MR) is 101 cm³/mol. The van der Waals surface area contributed by atoms with Gasteiger partial charge in [-0.3, -0.25) is 4.79 Å². The fourth-order valence-electron chi connectivity index (χ4n) is 2.81. The molecular weight excluding hydrogens is 364 g/mol. The predicted octanol–water partition coefficient (Wildman–Crippen LogP) is 3.18. The first-order valence-corrected chi connectivity index (χ1v) is 8.48. The molecule has 0 saturated heterocycles. The summed E-state index contributed by atoms with van der Waals surface area (Å²) >= 11 is 0. The number of allylic oxidation sites excluding steroid dienone is 1. The maximum atomic E-state index is 12.7. The van der Waals surface area contributed by atoms with Gasteiger partial charge in [-0.1, -0.05) is 6.07 Å². The zero-order valence-corrected chi connectivity index (χ0v) is 16.0. The third kappa shape index (κ3) is 3.64. The first-order chi connectivity index (χ1) is 13.5. The first kappa shape index (κ1) is 19.3. The molecule has 28 heavy (non-hydrogen) atoms. The third-order valence-corrected chi connectivity index (χ3v) is 4.32. The number of Topliss-reactive ketones (excluding diaryl/α,β-unsaturated/α-hetero) is 1. The minimum Gasteiger partial charge on any atom is -0.493 e. The van der Waals surface area contributed by atoms with Gasteiger partial charge in [0.15, 0.2) is 23.9 Å². The van der Waals surface area contributed by atoms with E-state index >= 15 is 0 Å². The number of ether oxygens (including phenoxy) is 5. The SMILES string of the molecule is COC(=O)COc1ccc2c(c1C)O/C(=C\c1ccc(OC)c(OC)c1)C2=O. The molecule has 146 valence electrons. The minimum absolute atomic E-state index is 0.190. The Kier molecular flexibility index (Phi) is 5.54. The van der Waals surface area contributed by atoms with E-state index in [2.05, 4.69) is 4.74 Å². The van der Waals surface area contributed by atoms with Crippen LogP contribution in [0.25, 0.3) is 6.08 Å². The van der Waals surface area contributed by atoms with Crippen molar-refractivity contribution in [2.75, 3.05) is 27.9 Å². The number of rotatable bonds is 6. The average molecular weight is 384 g/mol. The van der Waals surface area contributed by atoms with Crippen LogP contribution < -0.4 is 18.9 Å². The molecule has 0 aliphatic carbocycles. The van der Waals surface area contributed by atoms with Gasteiger partial charge >= 0.3 is 5.97 Å². The van der Waals surface area contributed by atoms with Crippen molar-refractivity contribution in [2.24, 2.45) is 0 Å². The number of methoxy groups -OCH3 is 3. The Morgan fingerprint density at radius 3 is 2.43 bits per heavy atom. The smallest absolute Gasteiger partial charge is 0.343 e. The first-order valence-electron chi connectivity index (χ1n) is 8.48. The van der Waals surface area contributed by atoms with E-state index in [9.17, 15) is 9.59 Å². The molecule has 1 heterocycles. The fraction of sp³-hybridized carbons (Fsp3) is 0.238. The number of carbonyl (C=O) groups excluding carboxylic acids is 2. The summed E-state index contributed by atoms with van der Waals surface area (Å²) in [4.78, 5) is 24.0. The molecule has 0 amide bonds. The lowest BCUT2D eigenvalue weighted by Gasteiger charge is -2.10. The lowest BCUT2D eigenvalue weighted by Crippen LogP contribution is -2.13. The van der Waals surface area contributed by atoms with Gasteiger partial charge in [-0.25, -0.2) is 4.79 Å². The van der Waals surface area contributed by atoms with E-state index in [1.807, 2.05) is 0 Å². The van der Waals surface area contributed by atoms with Crippen molar-refractivity contribution in [3.8, 4) is 23.0 Å². The lowest BCUT2D eigenvalue weighted by atomic mass is 10.1. The zero-order valence-electron chi connectivity index (χ0n) is 16.0. The normalized spacial score (nSPS) is 13.7. The number of esters is 1. The molecule has 2 aromatic carbocycles. The van der Waals surface area contributed by atoms with Crippen LogP contribution in [0.5, 0.6) is 23.0 Å². The monoisotopic (exact) mass is 384 g/mol. The highest BCUT2D eigenvalue weighted by atomic mass is 16.6. The molecule has 0 unspecified atom stereocenters. The molecule has 0 bridgehead atoms. The fourth-order valence-corrected chi connectivity index (χ4v) is 2.81. The molecule has 3 rings (SSSR count). The highest BCUT2D eigenvalue weighted by Crippen LogP contribution is 2.39. The van der Waals surface area contributed by atoms with Gasteiger partial charge in [-0.15, -0.1) is 0 Å². The van der Waals surface area contributed by atoms with Gasteiger partial charge < -0.3 is 23.7 Å². The van der Waals surface area contributed by atoms with E-state index in [0.717, 1.165) is 5.56 Å². The lowest BCUT2D eigenvalue weighted by molar-refractivity contribution is -0.142. The van der Waals surface area contributed by atoms with Crippen LogP contribution in [-0.2, 0) is 9.53 Å². The number of hydrogen-bond donors (Lipinski definition) is 0. The van der Waals surface area contributed by atoms with E-state index in [4.69, 9.17) is 18.9 Å². The largest absolute Gasteiger partial charge is 0.493 e. The van der Waals surface area contributed by atoms with Crippen LogP contribution in [0.4, 0.5) is 0 Å². The van der Waals surface area contributed by atoms with Crippen molar-refractivity contribution in [1.82, 2.24) is 0 Å². The maximum absolute atomic E-state index is 12.7. The molecule has 0 saturated carbocycles. The minimum atomic E-state index is -0.495. The molecule has 0 spiro atoms. The van der Waals surface area contributed by atoms with Crippen LogP contribution in [0.15, 0.2) is 36.1 Å². The molecule has 0 aromatic heterocycles. The van der Waals surface area contributed by atoms with Crippen molar-refractivity contribution < 1.29 is 33.3 Å². The molecule has 7 nitrogen and oxygen atoms in total. The summed E-state index contributed by atoms with van der Waals surface area (Å²) in [6.07, 6.45) is 1.64. The van der Waals surface area contributed by atoms with Gasteiger partial charge in [-0.2, -0.15) is 0 Å². The number of carbonyl (C=O) groups is 2. The molecule has 0 fully saturated rings. The van der Waals surface area contributed by atoms with E-state index in [1.165, 1.54) is 7.11 Å². The molecular formula is C21H20O7. The number of hydrogen-bond acceptors (Lipinski definition) is 7. The van der Waals surface area contributed by atoms with Gasteiger partial charge in [0.2, 0.25) is 5.78 Å². The standard InChI is InChI=1S/C21H20O7/c1-12-15(27-11-19(22)26-4)8-6-14-20(23)18(28-21(12)14)10-13-5-7-16(24-2)17(9-13)25-3/h5-10H,11H2,1-4H3/b18-10-. The Balaban J connectivity index is 1.88. The Labute approximate surface area is 162 Å². The molecule has 0 atom stereocenters. The van der Waals surface area contributed by atoms with Gasteiger partial charge in [0, 0.05) is 5.56 Å². The summed E-state index contributed by atoms with van der Waals surface area (Å²) in [7, 11) is 4.38. The van der Waals surface area contributed by atoms with Crippen molar-refractivity contribution in [3.63, 3.8) is 0 Å². The Morgan fingerprint density at radius 1 is 1.04 bits per heavy atom. The van der Waals surface area contributed by atoms with Crippen molar-refractivity contribution in [3.05, 3.63) is 52.8 Å². The second kappa shape index (κ2) is 8.04. The second-order valence-corrected chi connectivity index (χ2v) is 5.98. The van der Waals surface area contributed by atoms with Crippen LogP contribution in [0, 0.1) is 6.92 Å². The molecule has 7 heteroatoms. The summed E-state index contributed by atoms with van der Waals surface area (Å²) in [5, 5.41) is 0. The number of benzene rings is 2. The highest BCUT2D eigenvalue weighted by Gasteiger charge is 2.30. The maximum Gasteiger partial charge on any atom is 0.343 e. The zero-order chi connectivity index (χ0) is 20.3. The quantitative estimate of drug-likeness (QED) is 0.559. The van der Waals surface area contributed by atoms with Crippen LogP contribution in [-0.4, -0.2) is 39.7 Å². The summed E-state index contributed by atoms with van der Waals surface area (Å²) in [5.74, 6) is 1.47. The number of fused-ring (bicyclic) bond motifs is 1. The van der Waals surface area contributed by atoms with Gasteiger partial charge in [0.25, 0.3) is 0 Å². The average Bonchev–Trinajstić information content (AvgIpc) is 3.03. The van der Waals surface area contributed by atoms with Crippen molar-refractivity contribution >= 4 is 17.8 Å². The Hall–Kier alpha value is -3.48. The van der Waals surface area contributed by atoms with Gasteiger partial charge in [0.1, 0.15) is 11.5 Å². The molecule has 1 aliphatic heterocycles. The van der Waals surface area contributed by atoms with Crippen LogP contribution in [0.2, 0.25) is 0 Å². The van der Waals surface area contributed by atoms with Crippen LogP contribution in [0.1, 0.15) is 21.5 Å². The topological polar surface area (TPSA) is 80.3 Å². The van der Waals surface area contributed by atoms with E-state index in [1.54, 1.807) is 57.6 Å². The second-order valence-electron chi connectivity index (χ2n) is 5.98. The molecule has 1 aliphatic rings. The molecule has 0 radical (unpaired) electrons. The Morgan fingerprint density at radius 2 is 1.75 bits per heavy atom. The number of ketones is 1. The molecule has 2 aromatic rings. The van der Waals surface area contributed by atoms with Crippen LogP contribution in [0.3, 0.4) is 0 Å². The summed E-state index contributed by atoms with van der Waals surface area (Å²) in [5.41, 5.74) is 1.80. The summed E-state index contributed by atoms with van der Waals surface area (Å²) in [6, 6.07) is 8.56. The molecule has 0 N–H and O–H groups in total. The van der Waals surface area contributed by atoms with Crippen molar-refractivity contribution in [1.29, 1.82) is 0 Å². The summed E-state index contributed by atoms with van der Waals surface area (Å²) < 4.78 is 26.3. The van der Waals surface area contributed by atoms with Gasteiger partial charge in [0.05, 0.1) is 26.9 Å². The van der Waals surface area contributed by atoms with E-state index in [0.29, 0.717) is 34.1 Å². The van der Waals surface area contributed by atoms with E-state index in [-0.39, 0.29) is 18.1 Å². The Bertz CT molecular complexity index is 959. The van der Waals surface area contributed by atoms with Gasteiger partial charge in [-0.05, 0) is 42.8 Å². The van der Waals surface area contributed by atoms with Crippen molar-refractivity contribution in [2.45, 2.75) is 6.92 Å². The van der Waals surface area contributed by atoms with E-state index < -0.39 is 5.97 Å².